The van der Waals surface area contributed by atoms with Gasteiger partial charge in [0, 0.05) is 32.1 Å². The van der Waals surface area contributed by atoms with Crippen LogP contribution in [0.5, 0.6) is 5.75 Å². The molecular formula is C26H27F3N6O2S. The highest BCUT2D eigenvalue weighted by atomic mass is 32.2. The molecule has 1 atom stereocenters. The van der Waals surface area contributed by atoms with Crippen molar-refractivity contribution in [3.63, 3.8) is 0 Å². The van der Waals surface area contributed by atoms with Crippen molar-refractivity contribution in [2.24, 2.45) is 4.99 Å². The third kappa shape index (κ3) is 6.23. The number of rotatable bonds is 7. The first-order valence-electron chi connectivity index (χ1n) is 11.8. The summed E-state index contributed by atoms with van der Waals surface area (Å²) in [6.07, 6.45) is -0.740. The number of methoxy groups -OCH3 is 1. The number of piperidine rings is 1. The van der Waals surface area contributed by atoms with Crippen molar-refractivity contribution in [1.82, 2.24) is 19.8 Å². The number of aromatic nitrogens is 2. The molecule has 8 nitrogen and oxygen atoms in total. The van der Waals surface area contributed by atoms with Gasteiger partial charge in [0.25, 0.3) is 11.7 Å². The Bertz CT molecular complexity index is 1420. The smallest absolute Gasteiger partial charge is 0.289 e. The maximum absolute atomic E-state index is 14.6. The number of thioether (sulfide) groups is 1. The fourth-order valence-electron chi connectivity index (χ4n) is 4.01. The van der Waals surface area contributed by atoms with E-state index in [1.165, 1.54) is 18.7 Å². The Morgan fingerprint density at radius 1 is 1.34 bits per heavy atom. The molecule has 0 bridgehead atoms. The third-order valence-corrected chi connectivity index (χ3v) is 6.72. The van der Waals surface area contributed by atoms with Gasteiger partial charge in [0.2, 0.25) is 0 Å². The summed E-state index contributed by atoms with van der Waals surface area (Å²) < 4.78 is 48.2. The molecule has 12 heteroatoms. The Balaban J connectivity index is 1.63. The van der Waals surface area contributed by atoms with Crippen LogP contribution in [0.3, 0.4) is 0 Å². The van der Waals surface area contributed by atoms with Crippen molar-refractivity contribution in [3.05, 3.63) is 47.7 Å². The second-order valence-electron chi connectivity index (χ2n) is 8.47. The van der Waals surface area contributed by atoms with Gasteiger partial charge in [0.05, 0.1) is 35.5 Å². The van der Waals surface area contributed by atoms with Gasteiger partial charge in [-0.15, -0.1) is 0 Å². The lowest BCUT2D eigenvalue weighted by molar-refractivity contribution is 0.0963. The van der Waals surface area contributed by atoms with E-state index in [-0.39, 0.29) is 29.6 Å². The van der Waals surface area contributed by atoms with Crippen LogP contribution < -0.4 is 15.4 Å². The molecule has 3 heterocycles. The number of anilines is 1. The molecule has 38 heavy (non-hydrogen) atoms. The highest BCUT2D eigenvalue weighted by molar-refractivity contribution is 7.99. The number of fused-ring (bicyclic) bond motifs is 1. The summed E-state index contributed by atoms with van der Waals surface area (Å²) in [7, 11) is 4.89. The lowest BCUT2D eigenvalue weighted by atomic mass is 10.1. The highest BCUT2D eigenvalue weighted by Crippen LogP contribution is 2.34. The van der Waals surface area contributed by atoms with Gasteiger partial charge in [-0.2, -0.15) is 13.9 Å². The summed E-state index contributed by atoms with van der Waals surface area (Å²) in [4.78, 5) is 18.6. The summed E-state index contributed by atoms with van der Waals surface area (Å²) in [5.74, 6) is 3.70. The number of carbonyl (C=O) groups is 1. The summed E-state index contributed by atoms with van der Waals surface area (Å²) in [6.45, 7) is 1.06. The number of likely N-dealkylation sites (tertiary alicyclic amines) is 1. The number of benzene rings is 1. The first-order valence-corrected chi connectivity index (χ1v) is 12.7. The lowest BCUT2D eigenvalue weighted by Crippen LogP contribution is -2.39. The summed E-state index contributed by atoms with van der Waals surface area (Å²) >= 11 is 0.352. The molecule has 4 rings (SSSR count). The molecule has 3 aromatic rings. The summed E-state index contributed by atoms with van der Waals surface area (Å²) in [6, 6.07) is 9.93. The molecule has 2 N–H and O–H groups in total. The molecule has 0 radical (unpaired) electrons. The van der Waals surface area contributed by atoms with Crippen molar-refractivity contribution >= 4 is 40.4 Å². The molecule has 1 aliphatic rings. The molecule has 1 aliphatic heterocycles. The maximum Gasteiger partial charge on any atom is 0.289 e. The van der Waals surface area contributed by atoms with Crippen LogP contribution in [0.25, 0.3) is 5.52 Å². The SMILES string of the molecule is CNC(=O)c1ccc(OC)c(NCC#Cc2nn3c(/N=C4\CCN(C)C[C@@H]4F)cccc3c2SC(F)F)c1. The van der Waals surface area contributed by atoms with E-state index in [1.807, 2.05) is 11.9 Å². The van der Waals surface area contributed by atoms with Gasteiger partial charge >= 0.3 is 0 Å². The van der Waals surface area contributed by atoms with E-state index >= 15 is 0 Å². The molecule has 1 fully saturated rings. The quantitative estimate of drug-likeness (QED) is 0.342. The van der Waals surface area contributed by atoms with Crippen LogP contribution in [0.2, 0.25) is 0 Å². The first kappa shape index (κ1) is 27.3. The van der Waals surface area contributed by atoms with Gasteiger partial charge in [-0.25, -0.2) is 13.9 Å². The van der Waals surface area contributed by atoms with E-state index in [0.717, 1.165) is 0 Å². The van der Waals surface area contributed by atoms with Gasteiger partial charge < -0.3 is 20.3 Å². The molecule has 1 saturated heterocycles. The summed E-state index contributed by atoms with van der Waals surface area (Å²) in [5.41, 5.74) is 1.97. The Kier molecular flexibility index (Phi) is 8.81. The van der Waals surface area contributed by atoms with Crippen molar-refractivity contribution < 1.29 is 22.7 Å². The number of hydrogen-bond donors (Lipinski definition) is 2. The van der Waals surface area contributed by atoms with E-state index in [2.05, 4.69) is 32.6 Å². The second-order valence-corrected chi connectivity index (χ2v) is 9.47. The normalized spacial score (nSPS) is 16.9. The van der Waals surface area contributed by atoms with Crippen LogP contribution in [0.4, 0.5) is 24.7 Å². The molecular weight excluding hydrogens is 517 g/mol. The lowest BCUT2D eigenvalue weighted by Gasteiger charge is -2.26. The number of nitrogens with zero attached hydrogens (tertiary/aromatic N) is 4. The molecule has 1 amide bonds. The predicted octanol–water partition coefficient (Wildman–Crippen LogP) is 4.23. The minimum absolute atomic E-state index is 0.131. The molecule has 0 aliphatic carbocycles. The highest BCUT2D eigenvalue weighted by Gasteiger charge is 2.24. The largest absolute Gasteiger partial charge is 0.495 e. The van der Waals surface area contributed by atoms with E-state index in [4.69, 9.17) is 4.74 Å². The van der Waals surface area contributed by atoms with Gasteiger partial charge in [-0.3, -0.25) is 4.79 Å². The van der Waals surface area contributed by atoms with E-state index in [0.29, 0.717) is 58.8 Å². The van der Waals surface area contributed by atoms with Crippen LogP contribution in [-0.4, -0.2) is 78.9 Å². The Hall–Kier alpha value is -3.69. The number of ether oxygens (including phenoxy) is 1. The first-order chi connectivity index (χ1) is 18.3. The van der Waals surface area contributed by atoms with Gasteiger partial charge in [-0.1, -0.05) is 23.7 Å². The Morgan fingerprint density at radius 2 is 2.16 bits per heavy atom. The van der Waals surface area contributed by atoms with Crippen LogP contribution in [-0.2, 0) is 0 Å². The van der Waals surface area contributed by atoms with Gasteiger partial charge in [-0.05, 0) is 43.3 Å². The van der Waals surface area contributed by atoms with Crippen LogP contribution in [0.1, 0.15) is 22.5 Å². The van der Waals surface area contributed by atoms with Gasteiger partial charge in [0.1, 0.15) is 11.4 Å². The van der Waals surface area contributed by atoms with Crippen molar-refractivity contribution in [3.8, 4) is 17.6 Å². The minimum Gasteiger partial charge on any atom is -0.495 e. The maximum atomic E-state index is 14.6. The zero-order valence-electron chi connectivity index (χ0n) is 21.1. The fourth-order valence-corrected chi connectivity index (χ4v) is 4.67. The third-order valence-electron chi connectivity index (χ3n) is 5.90. The van der Waals surface area contributed by atoms with Crippen LogP contribution >= 0.6 is 11.8 Å². The monoisotopic (exact) mass is 544 g/mol. The number of aliphatic imine (C=N–C) groups is 1. The average Bonchev–Trinajstić information content (AvgIpc) is 3.25. The second kappa shape index (κ2) is 12.2. The zero-order valence-corrected chi connectivity index (χ0v) is 21.9. The standard InChI is InChI=1S/C26H27F3N6O2S/c1-30-25(36)16-9-10-22(37-3)20(14-16)31-12-5-6-19-24(38-26(28)29)21-7-4-8-23(35(21)33-19)32-18-11-13-34(2)15-17(18)27/h4,7-10,14,17,26,31H,11-13,15H2,1-3H3,(H,30,36)/b32-18+/t17-/m0/s1. The number of alkyl halides is 3. The number of hydrogen-bond acceptors (Lipinski definition) is 7. The number of nitrogens with one attached hydrogen (secondary N) is 2. The number of carbonyl (C=O) groups excluding carboxylic acids is 1. The Labute approximate surface area is 222 Å². The fraction of sp³-hybridized carbons (Fsp3) is 0.346. The molecule has 1 aromatic carbocycles. The van der Waals surface area contributed by atoms with Crippen LogP contribution in [0.15, 0.2) is 46.3 Å². The predicted molar refractivity (Wildman–Crippen MR) is 143 cm³/mol. The van der Waals surface area contributed by atoms with Crippen LogP contribution in [0, 0.1) is 11.8 Å². The van der Waals surface area contributed by atoms with Crippen molar-refractivity contribution in [2.75, 3.05) is 46.2 Å². The topological polar surface area (TPSA) is 83.3 Å². The van der Waals surface area contributed by atoms with Gasteiger partial charge in [0.15, 0.2) is 12.0 Å². The summed E-state index contributed by atoms with van der Waals surface area (Å²) in [5, 5.41) is 10.1. The van der Waals surface area contributed by atoms with Crippen molar-refractivity contribution in [1.29, 1.82) is 0 Å². The van der Waals surface area contributed by atoms with E-state index in [1.54, 1.807) is 36.4 Å². The number of amides is 1. The molecule has 0 unspecified atom stereocenters. The number of pyridine rings is 1. The van der Waals surface area contributed by atoms with E-state index < -0.39 is 11.9 Å². The Morgan fingerprint density at radius 3 is 2.87 bits per heavy atom. The number of halogens is 3. The molecule has 2 aromatic heterocycles. The average molecular weight is 545 g/mol. The molecule has 0 spiro atoms. The molecule has 0 saturated carbocycles. The van der Waals surface area contributed by atoms with Crippen molar-refractivity contribution in [2.45, 2.75) is 23.2 Å². The molecule has 200 valence electrons. The minimum atomic E-state index is -2.68. The zero-order chi connectivity index (χ0) is 27.2. The van der Waals surface area contributed by atoms with E-state index in [9.17, 15) is 18.0 Å².